The maximum absolute atomic E-state index is 10.6. The first-order valence-corrected chi connectivity index (χ1v) is 16.8. The number of unbranched alkanes of at least 4 members (excludes halogenated alkanes) is 1. The van der Waals surface area contributed by atoms with E-state index in [9.17, 15) is 15.3 Å². The van der Waals surface area contributed by atoms with Crippen LogP contribution in [0.3, 0.4) is 0 Å². The van der Waals surface area contributed by atoms with Gasteiger partial charge in [-0.25, -0.2) is 0 Å². The number of likely N-dealkylation sites (N-methyl/N-ethyl adjacent to an activating group) is 1. The van der Waals surface area contributed by atoms with Crippen LogP contribution in [-0.2, 0) is 32.3 Å². The number of ether oxygens (including phenoxy) is 1. The number of hydrogen-bond acceptors (Lipinski definition) is 7. The highest BCUT2D eigenvalue weighted by Crippen LogP contribution is 2.47. The molecule has 3 aromatic rings. The molecule has 0 spiro atoms. The second-order valence-electron chi connectivity index (χ2n) is 13.0. The molecule has 5 rings (SSSR count). The van der Waals surface area contributed by atoms with Crippen LogP contribution in [-0.4, -0.2) is 53.2 Å². The van der Waals surface area contributed by atoms with E-state index in [4.69, 9.17) is 9.15 Å². The van der Waals surface area contributed by atoms with Crippen molar-refractivity contribution in [3.05, 3.63) is 69.9 Å². The van der Waals surface area contributed by atoms with Crippen LogP contribution in [0.25, 0.3) is 0 Å². The molecule has 8 heteroatoms. The van der Waals surface area contributed by atoms with Crippen molar-refractivity contribution in [2.75, 3.05) is 26.7 Å². The number of rotatable bonds is 16. The Bertz CT molecular complexity index is 1330. The first kappa shape index (κ1) is 32.6. The number of phenolic OH excluding ortho intramolecular Hbond substituents is 1. The van der Waals surface area contributed by atoms with Crippen LogP contribution in [0, 0.1) is 11.8 Å². The van der Waals surface area contributed by atoms with Crippen molar-refractivity contribution in [3.8, 4) is 11.5 Å². The van der Waals surface area contributed by atoms with Crippen molar-refractivity contribution < 1.29 is 24.5 Å². The highest BCUT2D eigenvalue weighted by atomic mass is 16.5. The minimum atomic E-state index is -0.352. The smallest absolute Gasteiger partial charge is 0.161 e. The maximum atomic E-state index is 10.6. The monoisotopic (exact) mass is 607 g/mol. The minimum absolute atomic E-state index is 0.00217. The number of aromatic hydroxyl groups is 1. The summed E-state index contributed by atoms with van der Waals surface area (Å²) in [5, 5.41) is 37.1. The number of nitrogens with one attached hydrogen (secondary N) is 3. The Kier molecular flexibility index (Phi) is 11.5. The van der Waals surface area contributed by atoms with Crippen molar-refractivity contribution in [2.45, 2.75) is 103 Å². The summed E-state index contributed by atoms with van der Waals surface area (Å²) in [5.74, 6) is 4.28. The van der Waals surface area contributed by atoms with E-state index >= 15 is 0 Å². The number of fused-ring (bicyclic) bond motifs is 2. The van der Waals surface area contributed by atoms with E-state index in [0.717, 1.165) is 72.9 Å². The fourth-order valence-corrected chi connectivity index (χ4v) is 7.42. The molecule has 44 heavy (non-hydrogen) atoms. The fraction of sp³-hybridized carbons (Fsp3) is 0.611. The Balaban J connectivity index is 1.24. The number of hydrogen-bond donors (Lipinski definition) is 6. The van der Waals surface area contributed by atoms with Gasteiger partial charge >= 0.3 is 0 Å². The molecule has 6 N–H and O–H groups in total. The lowest BCUT2D eigenvalue weighted by Gasteiger charge is -2.27. The summed E-state index contributed by atoms with van der Waals surface area (Å²) in [6, 6.07) is 9.80. The number of aliphatic hydroxyl groups is 2. The molecule has 242 valence electrons. The molecule has 0 unspecified atom stereocenters. The van der Waals surface area contributed by atoms with Crippen molar-refractivity contribution in [2.24, 2.45) is 11.8 Å². The van der Waals surface area contributed by atoms with Crippen molar-refractivity contribution in [3.63, 3.8) is 0 Å². The van der Waals surface area contributed by atoms with Crippen LogP contribution in [0.2, 0.25) is 0 Å². The lowest BCUT2D eigenvalue weighted by molar-refractivity contribution is 0.188. The number of aryl methyl sites for hydroxylation is 4. The summed E-state index contributed by atoms with van der Waals surface area (Å²) in [5.41, 5.74) is 5.80. The summed E-state index contributed by atoms with van der Waals surface area (Å²) < 4.78 is 12.3. The Morgan fingerprint density at radius 3 is 2.75 bits per heavy atom. The first-order valence-electron chi connectivity index (χ1n) is 16.8. The molecule has 0 amide bonds. The lowest BCUT2D eigenvalue weighted by atomic mass is 9.80. The van der Waals surface area contributed by atoms with E-state index in [-0.39, 0.29) is 24.5 Å². The molecule has 8 nitrogen and oxygen atoms in total. The van der Waals surface area contributed by atoms with E-state index in [2.05, 4.69) is 28.6 Å². The average Bonchev–Trinajstić information content (AvgIpc) is 3.74. The van der Waals surface area contributed by atoms with Crippen molar-refractivity contribution in [1.82, 2.24) is 15.6 Å². The van der Waals surface area contributed by atoms with E-state index in [1.54, 1.807) is 6.07 Å². The standard InChI is InChI=1S/C36H53N3O5/c1-4-5-9-35-26(21-40)17-27(44-35)13-10-24-11-15-34(42)36(16-24)43-22-33(37-3)32-18-29-30(20-38-19-23(2)41)28-8-6-7-25(28)12-14-31(29)39-32/h11,15-18,23,25,28,30,33,37-42H,4-10,12-14,19-22H2,1-3H3/t23-,25+,28-,30-,33-/m0/s1. The van der Waals surface area contributed by atoms with Crippen molar-refractivity contribution in [1.29, 1.82) is 0 Å². The quantitative estimate of drug-likeness (QED) is 0.124. The number of aromatic amines is 1. The third kappa shape index (κ3) is 7.89. The van der Waals surface area contributed by atoms with Gasteiger partial charge in [0, 0.05) is 48.8 Å². The van der Waals surface area contributed by atoms with Gasteiger partial charge < -0.3 is 40.1 Å². The van der Waals surface area contributed by atoms with Crippen LogP contribution in [0.4, 0.5) is 0 Å². The van der Waals surface area contributed by atoms with Gasteiger partial charge in [-0.2, -0.15) is 0 Å². The number of H-pyrrole nitrogens is 1. The Morgan fingerprint density at radius 1 is 1.11 bits per heavy atom. The summed E-state index contributed by atoms with van der Waals surface area (Å²) in [4.78, 5) is 3.76. The minimum Gasteiger partial charge on any atom is -0.504 e. The summed E-state index contributed by atoms with van der Waals surface area (Å²) in [6.45, 7) is 5.86. The number of furan rings is 1. The number of aliphatic hydroxyl groups excluding tert-OH is 2. The zero-order valence-electron chi connectivity index (χ0n) is 26.8. The average molecular weight is 608 g/mol. The normalized spacial score (nSPS) is 21.1. The molecule has 1 saturated carbocycles. The van der Waals surface area contributed by atoms with Gasteiger partial charge in [0.25, 0.3) is 0 Å². The first-order chi connectivity index (χ1) is 21.4. The molecule has 2 aromatic heterocycles. The van der Waals surface area contributed by atoms with Gasteiger partial charge in [-0.3, -0.25) is 0 Å². The highest BCUT2D eigenvalue weighted by Gasteiger charge is 2.38. The Morgan fingerprint density at radius 2 is 1.98 bits per heavy atom. The predicted molar refractivity (Wildman–Crippen MR) is 173 cm³/mol. The van der Waals surface area contributed by atoms with E-state index in [1.165, 1.54) is 36.9 Å². The third-order valence-electron chi connectivity index (χ3n) is 9.85. The predicted octanol–water partition coefficient (Wildman–Crippen LogP) is 5.69. The molecule has 0 saturated heterocycles. The number of phenols is 1. The molecule has 1 aromatic carbocycles. The van der Waals surface area contributed by atoms with Crippen molar-refractivity contribution >= 4 is 0 Å². The number of benzene rings is 1. The van der Waals surface area contributed by atoms with E-state index in [1.807, 2.05) is 32.2 Å². The highest BCUT2D eigenvalue weighted by molar-refractivity contribution is 5.42. The molecule has 2 aliphatic carbocycles. The van der Waals surface area contributed by atoms with E-state index in [0.29, 0.717) is 37.2 Å². The van der Waals surface area contributed by atoms with Crippen LogP contribution in [0.5, 0.6) is 11.5 Å². The molecule has 0 radical (unpaired) electrons. The van der Waals surface area contributed by atoms with Gasteiger partial charge in [0.2, 0.25) is 0 Å². The summed E-state index contributed by atoms with van der Waals surface area (Å²) in [7, 11) is 1.95. The zero-order valence-corrected chi connectivity index (χ0v) is 26.8. The van der Waals surface area contributed by atoms with Gasteiger partial charge in [0.1, 0.15) is 18.1 Å². The Labute approximate surface area is 262 Å². The lowest BCUT2D eigenvalue weighted by Crippen LogP contribution is -2.32. The summed E-state index contributed by atoms with van der Waals surface area (Å²) >= 11 is 0. The maximum Gasteiger partial charge on any atom is 0.161 e. The number of aromatic nitrogens is 1. The zero-order chi connectivity index (χ0) is 31.1. The van der Waals surface area contributed by atoms with Crippen LogP contribution >= 0.6 is 0 Å². The second kappa shape index (κ2) is 15.5. The van der Waals surface area contributed by atoms with Gasteiger partial charge in [0.15, 0.2) is 11.5 Å². The molecule has 2 aliphatic rings. The SMILES string of the molecule is CCCCc1oc(CCc2ccc(O)c(OC[C@H](NC)c3cc4c([nH]3)CC[C@H]3CCC[C@@H]3[C@@H]4CNC[C@H](C)O)c2)cc1CO. The molecule has 5 atom stereocenters. The molecular weight excluding hydrogens is 554 g/mol. The van der Waals surface area contributed by atoms with Gasteiger partial charge in [-0.1, -0.05) is 32.3 Å². The van der Waals surface area contributed by atoms with Gasteiger partial charge in [-0.15, -0.1) is 0 Å². The molecule has 2 heterocycles. The van der Waals surface area contributed by atoms with Crippen LogP contribution < -0.4 is 15.4 Å². The summed E-state index contributed by atoms with van der Waals surface area (Å²) in [6.07, 6.45) is 10.3. The third-order valence-corrected chi connectivity index (χ3v) is 9.85. The Hall–Kier alpha value is -2.78. The van der Waals surface area contributed by atoms with Crippen LogP contribution in [0.15, 0.2) is 34.7 Å². The van der Waals surface area contributed by atoms with Gasteiger partial charge in [-0.05, 0) is 93.3 Å². The van der Waals surface area contributed by atoms with Crippen LogP contribution in [0.1, 0.15) is 104 Å². The molecular formula is C36H53N3O5. The molecule has 1 fully saturated rings. The second-order valence-corrected chi connectivity index (χ2v) is 13.0. The largest absolute Gasteiger partial charge is 0.504 e. The van der Waals surface area contributed by atoms with Gasteiger partial charge in [0.05, 0.1) is 18.8 Å². The fourth-order valence-electron chi connectivity index (χ4n) is 7.42. The molecule has 0 bridgehead atoms. The van der Waals surface area contributed by atoms with E-state index < -0.39 is 0 Å². The molecule has 0 aliphatic heterocycles. The topological polar surface area (TPSA) is 123 Å².